The molecule has 1 amide bonds. The van der Waals surface area contributed by atoms with Gasteiger partial charge in [-0.25, -0.2) is 0 Å². The number of halogens is 3. The first-order valence-electron chi connectivity index (χ1n) is 11.1. The molecule has 33 heavy (non-hydrogen) atoms. The molecule has 2 aromatic carbocycles. The van der Waals surface area contributed by atoms with Gasteiger partial charge in [-0.15, -0.1) is 0 Å². The third-order valence-corrected chi connectivity index (χ3v) is 7.10. The second kappa shape index (κ2) is 7.93. The molecule has 5 nitrogen and oxygen atoms in total. The first kappa shape index (κ1) is 21.6. The Hall–Kier alpha value is -3.29. The van der Waals surface area contributed by atoms with E-state index in [2.05, 4.69) is 15.6 Å². The van der Waals surface area contributed by atoms with Crippen LogP contribution in [0.5, 0.6) is 0 Å². The molecule has 2 aliphatic carbocycles. The maximum absolute atomic E-state index is 13.9. The average Bonchev–Trinajstić information content (AvgIpc) is 3.33. The number of H-pyrrole nitrogens is 1. The normalized spacial score (nSPS) is 22.0. The number of carbonyl (C=O) groups excluding carboxylic acids is 1. The maximum Gasteiger partial charge on any atom is 0.418 e. The Morgan fingerprint density at radius 3 is 2.42 bits per heavy atom. The molecule has 8 heteroatoms. The molecule has 0 radical (unpaired) electrons. The van der Waals surface area contributed by atoms with E-state index in [1.807, 2.05) is 0 Å². The molecule has 2 fully saturated rings. The highest BCUT2D eigenvalue weighted by molar-refractivity contribution is 6.06. The molecule has 5 rings (SSSR count). The summed E-state index contributed by atoms with van der Waals surface area (Å²) in [7, 11) is 0. The number of anilines is 2. The summed E-state index contributed by atoms with van der Waals surface area (Å²) >= 11 is 0. The van der Waals surface area contributed by atoms with Crippen molar-refractivity contribution in [2.75, 3.05) is 10.6 Å². The van der Waals surface area contributed by atoms with E-state index in [4.69, 9.17) is 0 Å². The van der Waals surface area contributed by atoms with Gasteiger partial charge in [-0.3, -0.25) is 9.59 Å². The predicted octanol–water partition coefficient (Wildman–Crippen LogP) is 5.71. The minimum Gasteiger partial charge on any atom is -0.382 e. The fourth-order valence-electron chi connectivity index (χ4n) is 5.45. The molecular formula is C25H24F3N3O2. The lowest BCUT2D eigenvalue weighted by Gasteiger charge is -2.21. The van der Waals surface area contributed by atoms with E-state index in [0.717, 1.165) is 31.7 Å². The van der Waals surface area contributed by atoms with E-state index in [1.165, 1.54) is 12.3 Å². The summed E-state index contributed by atoms with van der Waals surface area (Å²) in [4.78, 5) is 28.6. The van der Waals surface area contributed by atoms with Gasteiger partial charge in [0.15, 0.2) is 0 Å². The summed E-state index contributed by atoms with van der Waals surface area (Å²) in [5.74, 6) is 0.125. The van der Waals surface area contributed by atoms with Crippen molar-refractivity contribution in [1.82, 2.24) is 4.98 Å². The quantitative estimate of drug-likeness (QED) is 0.472. The molecule has 2 bridgehead atoms. The molecule has 3 aromatic rings. The van der Waals surface area contributed by atoms with Crippen LogP contribution in [0.1, 0.15) is 47.2 Å². The molecule has 172 valence electrons. The standard InChI is InChI=1S/C25H24F3N3O2/c1-13-3-2-4-20-21(13)23(32)17(12-29-20)24(33)31-19-10-9-16(11-18(19)25(26,27)28)30-22-14-5-6-15(22)8-7-14/h2-4,9-12,14-15,22,30H,5-8H2,1H3,(H,29,32)(H,31,33). The number of amides is 1. The van der Waals surface area contributed by atoms with Crippen LogP contribution in [0, 0.1) is 18.8 Å². The molecule has 0 spiro atoms. The van der Waals surface area contributed by atoms with Gasteiger partial charge >= 0.3 is 6.18 Å². The summed E-state index contributed by atoms with van der Waals surface area (Å²) in [5, 5.41) is 5.94. The fourth-order valence-corrected chi connectivity index (χ4v) is 5.45. The summed E-state index contributed by atoms with van der Waals surface area (Å²) in [6, 6.07) is 9.26. The van der Waals surface area contributed by atoms with Crippen LogP contribution in [0.2, 0.25) is 0 Å². The van der Waals surface area contributed by atoms with Crippen LogP contribution in [-0.2, 0) is 6.18 Å². The summed E-state index contributed by atoms with van der Waals surface area (Å²) in [5.41, 5.74) is -0.461. The molecular weight excluding hydrogens is 431 g/mol. The number of aromatic amines is 1. The third kappa shape index (κ3) is 3.87. The molecule has 0 saturated heterocycles. The van der Waals surface area contributed by atoms with Crippen molar-refractivity contribution in [2.24, 2.45) is 11.8 Å². The van der Waals surface area contributed by atoms with Crippen molar-refractivity contribution >= 4 is 28.2 Å². The molecule has 0 unspecified atom stereocenters. The van der Waals surface area contributed by atoms with Crippen molar-refractivity contribution in [3.05, 3.63) is 69.5 Å². The number of aryl methyl sites for hydroxylation is 1. The number of fused-ring (bicyclic) bond motifs is 3. The van der Waals surface area contributed by atoms with Crippen molar-refractivity contribution in [3.63, 3.8) is 0 Å². The summed E-state index contributed by atoms with van der Waals surface area (Å²) in [6.45, 7) is 1.74. The van der Waals surface area contributed by atoms with Gasteiger partial charge in [-0.2, -0.15) is 13.2 Å². The second-order valence-electron chi connectivity index (χ2n) is 9.09. The second-order valence-corrected chi connectivity index (χ2v) is 9.09. The Labute approximate surface area is 188 Å². The number of carbonyl (C=O) groups is 1. The smallest absolute Gasteiger partial charge is 0.382 e. The summed E-state index contributed by atoms with van der Waals surface area (Å²) < 4.78 is 41.6. The number of hydrogen-bond donors (Lipinski definition) is 3. The summed E-state index contributed by atoms with van der Waals surface area (Å²) in [6.07, 6.45) is 1.02. The number of hydrogen-bond acceptors (Lipinski definition) is 3. The highest BCUT2D eigenvalue weighted by Gasteiger charge is 2.42. The van der Waals surface area contributed by atoms with Gasteiger partial charge in [0.1, 0.15) is 5.56 Å². The SMILES string of the molecule is Cc1cccc2[nH]cc(C(=O)Nc3ccc(NC4C5CCC4CC5)cc3C(F)(F)F)c(=O)c12. The van der Waals surface area contributed by atoms with Gasteiger partial charge in [0.05, 0.1) is 11.3 Å². The fraction of sp³-hybridized carbons (Fsp3) is 0.360. The van der Waals surface area contributed by atoms with Crippen molar-refractivity contribution in [1.29, 1.82) is 0 Å². The highest BCUT2D eigenvalue weighted by Crippen LogP contribution is 2.46. The molecule has 0 atom stereocenters. The molecule has 2 saturated carbocycles. The molecule has 1 aromatic heterocycles. The van der Waals surface area contributed by atoms with Crippen LogP contribution < -0.4 is 16.1 Å². The van der Waals surface area contributed by atoms with Crippen LogP contribution in [-0.4, -0.2) is 16.9 Å². The number of rotatable bonds is 4. The third-order valence-electron chi connectivity index (χ3n) is 7.10. The largest absolute Gasteiger partial charge is 0.418 e. The Morgan fingerprint density at radius 1 is 1.06 bits per heavy atom. The lowest BCUT2D eigenvalue weighted by atomic mass is 10.0. The van der Waals surface area contributed by atoms with E-state index in [0.29, 0.717) is 34.0 Å². The first-order valence-corrected chi connectivity index (χ1v) is 11.1. The Balaban J connectivity index is 1.45. The van der Waals surface area contributed by atoms with Crippen molar-refractivity contribution in [2.45, 2.75) is 44.8 Å². The average molecular weight is 455 g/mol. The van der Waals surface area contributed by atoms with Gasteiger partial charge in [0, 0.05) is 28.8 Å². The van der Waals surface area contributed by atoms with Crippen molar-refractivity contribution < 1.29 is 18.0 Å². The number of aromatic nitrogens is 1. The predicted molar refractivity (Wildman–Crippen MR) is 122 cm³/mol. The highest BCUT2D eigenvalue weighted by atomic mass is 19.4. The Bertz CT molecular complexity index is 1280. The van der Waals surface area contributed by atoms with E-state index < -0.39 is 23.1 Å². The lowest BCUT2D eigenvalue weighted by molar-refractivity contribution is -0.136. The zero-order valence-electron chi connectivity index (χ0n) is 18.1. The number of nitrogens with one attached hydrogen (secondary N) is 3. The van der Waals surface area contributed by atoms with Gasteiger partial charge in [0.25, 0.3) is 5.91 Å². The van der Waals surface area contributed by atoms with Crippen LogP contribution in [0.15, 0.2) is 47.4 Å². The van der Waals surface area contributed by atoms with Crippen LogP contribution in [0.4, 0.5) is 24.5 Å². The molecule has 3 N–H and O–H groups in total. The van der Waals surface area contributed by atoms with E-state index in [-0.39, 0.29) is 17.3 Å². The minimum absolute atomic E-state index is 0.200. The van der Waals surface area contributed by atoms with E-state index in [1.54, 1.807) is 31.2 Å². The maximum atomic E-state index is 13.9. The van der Waals surface area contributed by atoms with Crippen LogP contribution in [0.3, 0.4) is 0 Å². The molecule has 2 aliphatic rings. The number of benzene rings is 2. The van der Waals surface area contributed by atoms with Crippen molar-refractivity contribution in [3.8, 4) is 0 Å². The molecule has 0 aliphatic heterocycles. The zero-order valence-corrected chi connectivity index (χ0v) is 18.1. The van der Waals surface area contributed by atoms with Gasteiger partial charge in [0.2, 0.25) is 5.43 Å². The lowest BCUT2D eigenvalue weighted by Crippen LogP contribution is -2.25. The van der Waals surface area contributed by atoms with Gasteiger partial charge in [-0.05, 0) is 74.3 Å². The van der Waals surface area contributed by atoms with E-state index in [9.17, 15) is 22.8 Å². The minimum atomic E-state index is -4.67. The first-order chi connectivity index (χ1) is 15.7. The van der Waals surface area contributed by atoms with Gasteiger partial charge < -0.3 is 15.6 Å². The van der Waals surface area contributed by atoms with E-state index >= 15 is 0 Å². The van der Waals surface area contributed by atoms with Gasteiger partial charge in [-0.1, -0.05) is 12.1 Å². The Morgan fingerprint density at radius 2 is 1.76 bits per heavy atom. The monoisotopic (exact) mass is 455 g/mol. The van der Waals surface area contributed by atoms with Crippen LogP contribution in [0.25, 0.3) is 10.9 Å². The zero-order chi connectivity index (χ0) is 23.3. The number of pyridine rings is 1. The number of alkyl halides is 3. The topological polar surface area (TPSA) is 74.0 Å². The van der Waals surface area contributed by atoms with Crippen LogP contribution >= 0.6 is 0 Å². The molecule has 1 heterocycles. The Kier molecular flexibility index (Phi) is 5.18.